The van der Waals surface area contributed by atoms with Gasteiger partial charge in [0.05, 0.1) is 17.7 Å². The summed E-state index contributed by atoms with van der Waals surface area (Å²) >= 11 is 0. The lowest BCUT2D eigenvalue weighted by molar-refractivity contribution is -0.274. The van der Waals surface area contributed by atoms with E-state index in [4.69, 9.17) is 10.4 Å². The molecule has 1 aromatic heterocycles. The van der Waals surface area contributed by atoms with Crippen LogP contribution in [0.1, 0.15) is 5.56 Å². The third-order valence-electron chi connectivity index (χ3n) is 3.79. The fourth-order valence-electron chi connectivity index (χ4n) is 2.71. The van der Waals surface area contributed by atoms with E-state index in [1.54, 1.807) is 6.07 Å². The maximum Gasteiger partial charge on any atom is 0.573 e. The molecule has 0 spiro atoms. The van der Waals surface area contributed by atoms with E-state index in [-0.39, 0.29) is 28.4 Å². The van der Waals surface area contributed by atoms with E-state index >= 15 is 0 Å². The van der Waals surface area contributed by atoms with E-state index in [1.807, 2.05) is 0 Å². The Morgan fingerprint density at radius 3 is 2.52 bits per heavy atom. The van der Waals surface area contributed by atoms with Gasteiger partial charge in [0.2, 0.25) is 5.88 Å². The summed E-state index contributed by atoms with van der Waals surface area (Å²) in [5, 5.41) is 31.0. The molecule has 0 bridgehead atoms. The highest BCUT2D eigenvalue weighted by Gasteiger charge is 2.31. The zero-order chi connectivity index (χ0) is 19.8. The predicted molar refractivity (Wildman–Crippen MR) is 87.3 cm³/mol. The number of aromatic hydroxyl groups is 1. The van der Waals surface area contributed by atoms with Crippen molar-refractivity contribution in [2.24, 2.45) is 5.18 Å². The molecule has 0 radical (unpaired) electrons. The number of alkyl halides is 3. The molecule has 0 amide bonds. The van der Waals surface area contributed by atoms with Crippen molar-refractivity contribution in [2.75, 3.05) is 5.23 Å². The van der Waals surface area contributed by atoms with Crippen molar-refractivity contribution in [2.45, 2.75) is 12.9 Å². The van der Waals surface area contributed by atoms with Crippen LogP contribution < -0.4 is 9.96 Å². The number of halogens is 3. The normalized spacial score (nSPS) is 11.6. The fraction of sp³-hybridized carbons (Fsp3) is 0.125. The zero-order valence-electron chi connectivity index (χ0n) is 13.4. The number of nitrogens with zero attached hydrogens (tertiary/aromatic N) is 3. The Morgan fingerprint density at radius 2 is 1.89 bits per heavy atom. The lowest BCUT2D eigenvalue weighted by Crippen LogP contribution is -2.17. The molecule has 142 valence electrons. The van der Waals surface area contributed by atoms with E-state index < -0.39 is 23.7 Å². The molecule has 0 aliphatic rings. The Labute approximate surface area is 149 Å². The molecule has 3 aromatic rings. The minimum atomic E-state index is -4.91. The number of fused-ring (bicyclic) bond motifs is 1. The first-order valence-corrected chi connectivity index (χ1v) is 7.40. The van der Waals surface area contributed by atoms with Crippen molar-refractivity contribution in [3.05, 3.63) is 52.9 Å². The van der Waals surface area contributed by atoms with Crippen LogP contribution in [0.4, 0.5) is 24.5 Å². The monoisotopic (exact) mass is 383 g/mol. The van der Waals surface area contributed by atoms with Gasteiger partial charge in [0.1, 0.15) is 5.75 Å². The van der Waals surface area contributed by atoms with Crippen LogP contribution in [-0.4, -0.2) is 26.5 Å². The van der Waals surface area contributed by atoms with Gasteiger partial charge in [-0.05, 0) is 41.1 Å². The SMILES string of the molecule is O=Nc1c(O)n(Cc2cccc(N(O)O)c2)c2ccc(OC(F)(F)F)cc12. The van der Waals surface area contributed by atoms with Gasteiger partial charge in [-0.1, -0.05) is 12.1 Å². The molecule has 0 unspecified atom stereocenters. The van der Waals surface area contributed by atoms with Gasteiger partial charge in [-0.15, -0.1) is 23.3 Å². The second kappa shape index (κ2) is 6.78. The molecule has 1 heterocycles. The fourth-order valence-corrected chi connectivity index (χ4v) is 2.71. The topological polar surface area (TPSA) is 108 Å². The highest BCUT2D eigenvalue weighted by atomic mass is 19.4. The molecule has 0 saturated heterocycles. The smallest absolute Gasteiger partial charge is 0.493 e. The van der Waals surface area contributed by atoms with Crippen LogP contribution in [0.5, 0.6) is 11.6 Å². The van der Waals surface area contributed by atoms with E-state index in [0.29, 0.717) is 5.56 Å². The number of hydrogen-bond acceptors (Lipinski definition) is 7. The lowest BCUT2D eigenvalue weighted by atomic mass is 10.2. The summed E-state index contributed by atoms with van der Waals surface area (Å²) < 4.78 is 42.3. The quantitative estimate of drug-likeness (QED) is 0.448. The number of benzene rings is 2. The van der Waals surface area contributed by atoms with Crippen molar-refractivity contribution < 1.29 is 33.4 Å². The highest BCUT2D eigenvalue weighted by molar-refractivity contribution is 5.96. The van der Waals surface area contributed by atoms with Crippen LogP contribution in [-0.2, 0) is 6.54 Å². The summed E-state index contributed by atoms with van der Waals surface area (Å²) in [5.41, 5.74) is 0.380. The number of ether oxygens (including phenoxy) is 1. The second-order valence-electron chi connectivity index (χ2n) is 5.54. The van der Waals surface area contributed by atoms with Crippen LogP contribution in [0.2, 0.25) is 0 Å². The van der Waals surface area contributed by atoms with E-state index in [9.17, 15) is 23.2 Å². The number of anilines is 1. The van der Waals surface area contributed by atoms with Gasteiger partial charge in [-0.3, -0.25) is 10.4 Å². The zero-order valence-corrected chi connectivity index (χ0v) is 13.4. The first kappa shape index (κ1) is 18.5. The van der Waals surface area contributed by atoms with Crippen LogP contribution in [0.15, 0.2) is 47.6 Å². The van der Waals surface area contributed by atoms with E-state index in [2.05, 4.69) is 9.91 Å². The molecule has 0 atom stereocenters. The van der Waals surface area contributed by atoms with Crippen LogP contribution in [0.3, 0.4) is 0 Å². The summed E-state index contributed by atoms with van der Waals surface area (Å²) in [4.78, 5) is 11.1. The van der Waals surface area contributed by atoms with Gasteiger partial charge >= 0.3 is 6.36 Å². The maximum absolute atomic E-state index is 12.4. The minimum Gasteiger partial charge on any atom is -0.493 e. The van der Waals surface area contributed by atoms with Crippen molar-refractivity contribution in [3.63, 3.8) is 0 Å². The first-order chi connectivity index (χ1) is 12.7. The molecule has 11 heteroatoms. The summed E-state index contributed by atoms with van der Waals surface area (Å²) in [6, 6.07) is 9.21. The Kier molecular flexibility index (Phi) is 4.64. The standard InChI is InChI=1S/C16H12F3N3O5/c17-16(18,19)27-11-4-5-13-12(7-11)14(20-24)15(23)21(13)8-9-2-1-3-10(6-9)22(25)26/h1-7,23,25-26H,8H2. The molecule has 0 aliphatic heterocycles. The molecule has 8 nitrogen and oxygen atoms in total. The molecule has 0 aliphatic carbocycles. The van der Waals surface area contributed by atoms with Crippen LogP contribution in [0.25, 0.3) is 10.9 Å². The summed E-state index contributed by atoms with van der Waals surface area (Å²) in [7, 11) is 0. The first-order valence-electron chi connectivity index (χ1n) is 7.40. The predicted octanol–water partition coefficient (Wildman–Crippen LogP) is 4.28. The van der Waals surface area contributed by atoms with Crippen molar-refractivity contribution in [1.82, 2.24) is 4.57 Å². The lowest BCUT2D eigenvalue weighted by Gasteiger charge is -2.12. The molecule has 27 heavy (non-hydrogen) atoms. The van der Waals surface area contributed by atoms with E-state index in [1.165, 1.54) is 28.8 Å². The molecular formula is C16H12F3N3O5. The summed E-state index contributed by atoms with van der Waals surface area (Å²) in [5.74, 6) is -1.10. The molecule has 0 fully saturated rings. The summed E-state index contributed by atoms with van der Waals surface area (Å²) in [6.07, 6.45) is -4.91. The molecule has 3 rings (SSSR count). The number of aromatic nitrogens is 1. The summed E-state index contributed by atoms with van der Waals surface area (Å²) in [6.45, 7) is -0.0149. The largest absolute Gasteiger partial charge is 0.573 e. The van der Waals surface area contributed by atoms with E-state index in [0.717, 1.165) is 12.1 Å². The van der Waals surface area contributed by atoms with Gasteiger partial charge in [0.15, 0.2) is 5.69 Å². The Bertz CT molecular complexity index is 1000. The van der Waals surface area contributed by atoms with Gasteiger partial charge < -0.3 is 14.4 Å². The minimum absolute atomic E-state index is 0.0149. The number of hydrogen-bond donors (Lipinski definition) is 3. The molecule has 3 N–H and O–H groups in total. The van der Waals surface area contributed by atoms with Gasteiger partial charge in [-0.2, -0.15) is 0 Å². The van der Waals surface area contributed by atoms with Gasteiger partial charge in [0.25, 0.3) is 0 Å². The Morgan fingerprint density at radius 1 is 1.15 bits per heavy atom. The van der Waals surface area contributed by atoms with Crippen molar-refractivity contribution in [3.8, 4) is 11.6 Å². The molecule has 2 aromatic carbocycles. The number of nitroso groups, excluding NO2 is 1. The van der Waals surface area contributed by atoms with Crippen LogP contribution >= 0.6 is 0 Å². The van der Waals surface area contributed by atoms with Crippen molar-refractivity contribution in [1.29, 1.82) is 0 Å². The third-order valence-corrected chi connectivity index (χ3v) is 3.79. The van der Waals surface area contributed by atoms with Crippen molar-refractivity contribution >= 4 is 22.3 Å². The Hall–Kier alpha value is -3.31. The number of rotatable bonds is 5. The van der Waals surface area contributed by atoms with Crippen LogP contribution in [0, 0.1) is 4.91 Å². The average Bonchev–Trinajstić information content (AvgIpc) is 2.84. The van der Waals surface area contributed by atoms with Gasteiger partial charge in [-0.25, -0.2) is 0 Å². The third kappa shape index (κ3) is 3.78. The second-order valence-corrected chi connectivity index (χ2v) is 5.54. The highest BCUT2D eigenvalue weighted by Crippen LogP contribution is 2.41. The molecule has 0 saturated carbocycles. The Balaban J connectivity index is 2.07. The van der Waals surface area contributed by atoms with Gasteiger partial charge in [0, 0.05) is 5.39 Å². The average molecular weight is 383 g/mol. The maximum atomic E-state index is 12.4. The molecular weight excluding hydrogens is 371 g/mol.